The molecule has 0 N–H and O–H groups in total. The lowest BCUT2D eigenvalue weighted by Gasteiger charge is -2.26. The van der Waals surface area contributed by atoms with E-state index >= 15 is 0 Å². The van der Waals surface area contributed by atoms with Crippen molar-refractivity contribution in [2.75, 3.05) is 33.4 Å². The Morgan fingerprint density at radius 1 is 1.12 bits per heavy atom. The topological polar surface area (TPSA) is 108 Å². The van der Waals surface area contributed by atoms with Gasteiger partial charge in [0.2, 0.25) is 17.6 Å². The van der Waals surface area contributed by atoms with Crippen molar-refractivity contribution in [3.05, 3.63) is 53.9 Å². The van der Waals surface area contributed by atoms with Crippen molar-refractivity contribution in [1.82, 2.24) is 30.0 Å². The number of nitrogens with zero attached hydrogens (tertiary/aromatic N) is 6. The Kier molecular flexibility index (Phi) is 5.99. The third-order valence-corrected chi connectivity index (χ3v) is 5.66. The Labute approximate surface area is 190 Å². The Bertz CT molecular complexity index is 1240. The number of benzene rings is 2. The van der Waals surface area contributed by atoms with Gasteiger partial charge in [0, 0.05) is 25.1 Å². The average Bonchev–Trinajstić information content (AvgIpc) is 3.50. The van der Waals surface area contributed by atoms with E-state index in [0.717, 1.165) is 22.4 Å². The Balaban J connectivity index is 1.26. The van der Waals surface area contributed by atoms with Crippen LogP contribution in [0, 0.1) is 0 Å². The van der Waals surface area contributed by atoms with Crippen LogP contribution in [-0.2, 0) is 22.5 Å². The van der Waals surface area contributed by atoms with Gasteiger partial charge in [0.1, 0.15) is 11.3 Å². The van der Waals surface area contributed by atoms with Crippen molar-refractivity contribution in [2.45, 2.75) is 19.4 Å². The molecular weight excluding hydrogens is 424 g/mol. The second-order valence-electron chi connectivity index (χ2n) is 7.80. The van der Waals surface area contributed by atoms with Crippen molar-refractivity contribution < 1.29 is 18.8 Å². The number of rotatable bonds is 7. The minimum Gasteiger partial charge on any atom is -0.497 e. The minimum atomic E-state index is 0.106. The monoisotopic (exact) mass is 448 g/mol. The molecule has 1 aliphatic heterocycles. The molecule has 4 aromatic rings. The minimum absolute atomic E-state index is 0.106. The third-order valence-electron chi connectivity index (χ3n) is 5.66. The molecule has 0 saturated carbocycles. The molecule has 33 heavy (non-hydrogen) atoms. The Morgan fingerprint density at radius 3 is 2.73 bits per heavy atom. The van der Waals surface area contributed by atoms with Crippen LogP contribution in [-0.4, -0.2) is 69.4 Å². The average molecular weight is 448 g/mol. The van der Waals surface area contributed by atoms with Gasteiger partial charge in [-0.15, -0.1) is 5.10 Å². The summed E-state index contributed by atoms with van der Waals surface area (Å²) in [4.78, 5) is 18.8. The van der Waals surface area contributed by atoms with Crippen LogP contribution in [0.4, 0.5) is 0 Å². The molecule has 3 heterocycles. The van der Waals surface area contributed by atoms with E-state index in [9.17, 15) is 4.79 Å². The van der Waals surface area contributed by atoms with E-state index in [4.69, 9.17) is 14.0 Å². The number of amides is 1. The molecule has 0 bridgehead atoms. The second-order valence-corrected chi connectivity index (χ2v) is 7.80. The van der Waals surface area contributed by atoms with E-state index in [1.54, 1.807) is 11.8 Å². The molecule has 2 aromatic heterocycles. The number of aromatic nitrogens is 5. The normalized spacial score (nSPS) is 14.0. The van der Waals surface area contributed by atoms with Crippen molar-refractivity contribution in [3.8, 4) is 17.1 Å². The number of methoxy groups -OCH3 is 1. The highest BCUT2D eigenvalue weighted by Crippen LogP contribution is 2.22. The van der Waals surface area contributed by atoms with Gasteiger partial charge in [-0.05, 0) is 35.9 Å². The van der Waals surface area contributed by atoms with Crippen LogP contribution in [0.15, 0.2) is 47.0 Å². The van der Waals surface area contributed by atoms with E-state index < -0.39 is 0 Å². The van der Waals surface area contributed by atoms with Crippen molar-refractivity contribution in [1.29, 1.82) is 0 Å². The Morgan fingerprint density at radius 2 is 1.94 bits per heavy atom. The van der Waals surface area contributed by atoms with Gasteiger partial charge < -0.3 is 18.9 Å². The summed E-state index contributed by atoms with van der Waals surface area (Å²) >= 11 is 0. The number of ether oxygens (including phenoxy) is 2. The predicted octanol–water partition coefficient (Wildman–Crippen LogP) is 2.33. The fraction of sp³-hybridized carbons (Fsp3) is 0.348. The van der Waals surface area contributed by atoms with E-state index in [-0.39, 0.29) is 5.91 Å². The zero-order valence-corrected chi connectivity index (χ0v) is 18.3. The molecule has 0 spiro atoms. The van der Waals surface area contributed by atoms with Gasteiger partial charge in [-0.25, -0.2) is 4.68 Å². The van der Waals surface area contributed by atoms with Crippen molar-refractivity contribution in [3.63, 3.8) is 0 Å². The Hall–Kier alpha value is -3.79. The fourth-order valence-electron chi connectivity index (χ4n) is 3.81. The van der Waals surface area contributed by atoms with Gasteiger partial charge in [0.15, 0.2) is 0 Å². The van der Waals surface area contributed by atoms with Crippen molar-refractivity contribution in [2.24, 2.45) is 0 Å². The highest BCUT2D eigenvalue weighted by Gasteiger charge is 2.18. The molecule has 5 rings (SSSR count). The summed E-state index contributed by atoms with van der Waals surface area (Å²) in [5.41, 5.74) is 3.42. The van der Waals surface area contributed by atoms with Gasteiger partial charge in [-0.2, -0.15) is 4.98 Å². The smallest absolute Gasteiger partial charge is 0.231 e. The van der Waals surface area contributed by atoms with Gasteiger partial charge in [-0.3, -0.25) is 4.79 Å². The highest BCUT2D eigenvalue weighted by molar-refractivity contribution is 5.80. The quantitative estimate of drug-likeness (QED) is 0.424. The number of carbonyl (C=O) groups is 1. The molecule has 170 valence electrons. The molecule has 1 aliphatic rings. The van der Waals surface area contributed by atoms with Crippen LogP contribution in [0.2, 0.25) is 0 Å². The summed E-state index contributed by atoms with van der Waals surface area (Å²) in [6.07, 6.45) is 0.909. The first-order chi connectivity index (χ1) is 16.2. The van der Waals surface area contributed by atoms with Gasteiger partial charge in [0.05, 0.1) is 38.8 Å². The second kappa shape index (κ2) is 9.37. The van der Waals surface area contributed by atoms with Gasteiger partial charge in [-0.1, -0.05) is 22.5 Å². The highest BCUT2D eigenvalue weighted by atomic mass is 16.5. The van der Waals surface area contributed by atoms with E-state index in [1.165, 1.54) is 0 Å². The maximum atomic E-state index is 12.4. The maximum Gasteiger partial charge on any atom is 0.231 e. The van der Waals surface area contributed by atoms with Crippen LogP contribution in [0.1, 0.15) is 17.9 Å². The molecule has 0 aliphatic carbocycles. The van der Waals surface area contributed by atoms with Gasteiger partial charge in [0.25, 0.3) is 0 Å². The summed E-state index contributed by atoms with van der Waals surface area (Å²) in [5, 5.41) is 12.6. The molecule has 0 atom stereocenters. The first-order valence-electron chi connectivity index (χ1n) is 10.8. The van der Waals surface area contributed by atoms with E-state index in [1.807, 2.05) is 47.4 Å². The number of carbonyl (C=O) groups excluding carboxylic acids is 1. The van der Waals surface area contributed by atoms with E-state index in [0.29, 0.717) is 62.9 Å². The van der Waals surface area contributed by atoms with Crippen LogP contribution < -0.4 is 4.74 Å². The first kappa shape index (κ1) is 21.1. The van der Waals surface area contributed by atoms with Crippen LogP contribution in [0.5, 0.6) is 5.75 Å². The zero-order valence-electron chi connectivity index (χ0n) is 18.3. The summed E-state index contributed by atoms with van der Waals surface area (Å²) in [7, 11) is 1.64. The summed E-state index contributed by atoms with van der Waals surface area (Å²) in [6.45, 7) is 2.95. The zero-order chi connectivity index (χ0) is 22.6. The molecular formula is C23H24N6O4. The van der Waals surface area contributed by atoms with Crippen LogP contribution >= 0.6 is 0 Å². The van der Waals surface area contributed by atoms with Crippen LogP contribution in [0.3, 0.4) is 0 Å². The number of morpholine rings is 1. The van der Waals surface area contributed by atoms with Crippen molar-refractivity contribution >= 4 is 16.9 Å². The number of fused-ring (bicyclic) bond motifs is 1. The molecule has 1 saturated heterocycles. The SMILES string of the molecule is COc1ccc(Cc2nc(-c3ccc4c(c3)nnn4CCC(=O)N3CCOCC3)no2)cc1. The molecule has 1 fully saturated rings. The van der Waals surface area contributed by atoms with Gasteiger partial charge >= 0.3 is 0 Å². The maximum absolute atomic E-state index is 12.4. The molecule has 0 unspecified atom stereocenters. The fourth-order valence-corrected chi connectivity index (χ4v) is 3.81. The summed E-state index contributed by atoms with van der Waals surface area (Å²) in [5.74, 6) is 1.93. The number of hydrogen-bond donors (Lipinski definition) is 0. The standard InChI is InChI=1S/C23H24N6O4/c1-31-18-5-2-16(3-6-18)14-21-24-23(26-33-21)17-4-7-20-19(15-17)25-27-29(20)9-8-22(30)28-10-12-32-13-11-28/h2-7,15H,8-14H2,1H3. The first-order valence-corrected chi connectivity index (χ1v) is 10.8. The molecule has 10 nitrogen and oxygen atoms in total. The molecule has 0 radical (unpaired) electrons. The summed E-state index contributed by atoms with van der Waals surface area (Å²) < 4.78 is 17.7. The molecule has 2 aromatic carbocycles. The lowest BCUT2D eigenvalue weighted by Crippen LogP contribution is -2.41. The largest absolute Gasteiger partial charge is 0.497 e. The number of hydrogen-bond acceptors (Lipinski definition) is 8. The number of aryl methyl sites for hydroxylation is 1. The van der Waals surface area contributed by atoms with E-state index in [2.05, 4.69) is 20.5 Å². The predicted molar refractivity (Wildman–Crippen MR) is 119 cm³/mol. The lowest BCUT2D eigenvalue weighted by atomic mass is 10.1. The lowest BCUT2D eigenvalue weighted by molar-refractivity contribution is -0.135. The molecule has 1 amide bonds. The third kappa shape index (κ3) is 4.70. The molecule has 10 heteroatoms. The van der Waals surface area contributed by atoms with Crippen LogP contribution in [0.25, 0.3) is 22.4 Å². The summed E-state index contributed by atoms with van der Waals surface area (Å²) in [6, 6.07) is 13.5.